The SMILES string of the molecule is CSC1(CNc2nnnn2-c2ccc(C)cc2)CC1. The second kappa shape index (κ2) is 4.85. The van der Waals surface area contributed by atoms with E-state index in [0.29, 0.717) is 10.7 Å². The van der Waals surface area contributed by atoms with E-state index in [2.05, 4.69) is 46.2 Å². The van der Waals surface area contributed by atoms with Crippen LogP contribution in [0.3, 0.4) is 0 Å². The topological polar surface area (TPSA) is 55.6 Å². The van der Waals surface area contributed by atoms with Crippen LogP contribution in [0.4, 0.5) is 5.95 Å². The van der Waals surface area contributed by atoms with Crippen LogP contribution < -0.4 is 5.32 Å². The zero-order valence-corrected chi connectivity index (χ0v) is 11.9. The monoisotopic (exact) mass is 275 g/mol. The van der Waals surface area contributed by atoms with Crippen LogP contribution in [0.15, 0.2) is 24.3 Å². The van der Waals surface area contributed by atoms with Crippen molar-refractivity contribution >= 4 is 17.7 Å². The molecule has 0 radical (unpaired) electrons. The van der Waals surface area contributed by atoms with Gasteiger partial charge in [0.15, 0.2) is 0 Å². The van der Waals surface area contributed by atoms with Crippen LogP contribution in [-0.2, 0) is 0 Å². The molecule has 0 amide bonds. The maximum atomic E-state index is 4.06. The Morgan fingerprint density at radius 2 is 2.05 bits per heavy atom. The van der Waals surface area contributed by atoms with Crippen LogP contribution >= 0.6 is 11.8 Å². The van der Waals surface area contributed by atoms with E-state index < -0.39 is 0 Å². The van der Waals surface area contributed by atoms with Gasteiger partial charge in [-0.15, -0.1) is 0 Å². The zero-order chi connectivity index (χ0) is 13.3. The minimum Gasteiger partial charge on any atom is -0.351 e. The zero-order valence-electron chi connectivity index (χ0n) is 11.1. The van der Waals surface area contributed by atoms with E-state index in [1.165, 1.54) is 18.4 Å². The Labute approximate surface area is 116 Å². The van der Waals surface area contributed by atoms with Gasteiger partial charge in [0.25, 0.3) is 0 Å². The number of hydrogen-bond donors (Lipinski definition) is 1. The van der Waals surface area contributed by atoms with Crippen LogP contribution in [0.25, 0.3) is 5.69 Å². The third-order valence-corrected chi connectivity index (χ3v) is 4.98. The Hall–Kier alpha value is -1.56. The van der Waals surface area contributed by atoms with Crippen molar-refractivity contribution in [3.63, 3.8) is 0 Å². The van der Waals surface area contributed by atoms with Crippen molar-refractivity contribution in [1.82, 2.24) is 20.2 Å². The average Bonchev–Trinajstić information content (AvgIpc) is 3.07. The number of anilines is 1. The molecule has 0 saturated heterocycles. The van der Waals surface area contributed by atoms with Gasteiger partial charge in [-0.1, -0.05) is 22.8 Å². The molecule has 1 N–H and O–H groups in total. The van der Waals surface area contributed by atoms with Crippen molar-refractivity contribution in [3.05, 3.63) is 29.8 Å². The molecule has 1 fully saturated rings. The molecule has 2 aromatic rings. The van der Waals surface area contributed by atoms with E-state index in [4.69, 9.17) is 0 Å². The molecule has 0 atom stereocenters. The molecule has 6 heteroatoms. The summed E-state index contributed by atoms with van der Waals surface area (Å²) in [6.07, 6.45) is 4.71. The third kappa shape index (κ3) is 2.58. The lowest BCUT2D eigenvalue weighted by Gasteiger charge is -2.13. The molecule has 0 bridgehead atoms. The second-order valence-electron chi connectivity index (χ2n) is 4.99. The molecular weight excluding hydrogens is 258 g/mol. The first-order chi connectivity index (χ1) is 9.22. The molecule has 1 aromatic carbocycles. The maximum Gasteiger partial charge on any atom is 0.247 e. The number of nitrogens with one attached hydrogen (secondary N) is 1. The predicted molar refractivity (Wildman–Crippen MR) is 77.9 cm³/mol. The summed E-state index contributed by atoms with van der Waals surface area (Å²) in [4.78, 5) is 0. The van der Waals surface area contributed by atoms with Crippen molar-refractivity contribution in [2.24, 2.45) is 0 Å². The number of tetrazole rings is 1. The van der Waals surface area contributed by atoms with Gasteiger partial charge in [0.05, 0.1) is 5.69 Å². The van der Waals surface area contributed by atoms with Crippen LogP contribution in [0.5, 0.6) is 0 Å². The summed E-state index contributed by atoms with van der Waals surface area (Å²) in [5, 5.41) is 15.2. The van der Waals surface area contributed by atoms with Crippen molar-refractivity contribution in [1.29, 1.82) is 0 Å². The second-order valence-corrected chi connectivity index (χ2v) is 6.26. The molecule has 1 heterocycles. The Morgan fingerprint density at radius 3 is 2.68 bits per heavy atom. The number of aromatic nitrogens is 4. The summed E-state index contributed by atoms with van der Waals surface area (Å²) >= 11 is 1.92. The lowest BCUT2D eigenvalue weighted by molar-refractivity contribution is 0.787. The molecule has 0 unspecified atom stereocenters. The van der Waals surface area contributed by atoms with Gasteiger partial charge in [0, 0.05) is 11.3 Å². The summed E-state index contributed by atoms with van der Waals surface area (Å²) in [6.45, 7) is 2.98. The highest BCUT2D eigenvalue weighted by Crippen LogP contribution is 2.46. The summed E-state index contributed by atoms with van der Waals surface area (Å²) < 4.78 is 2.14. The first-order valence-electron chi connectivity index (χ1n) is 6.37. The van der Waals surface area contributed by atoms with E-state index in [1.54, 1.807) is 4.68 Å². The van der Waals surface area contributed by atoms with E-state index in [9.17, 15) is 0 Å². The summed E-state index contributed by atoms with van der Waals surface area (Å²) in [6, 6.07) is 8.17. The standard InChI is InChI=1S/C13H17N5S/c1-10-3-5-11(6-4-10)18-12(15-16-17-18)14-9-13(19-2)7-8-13/h3-6H,7-9H2,1-2H3,(H,14,15,17). The number of hydrogen-bond acceptors (Lipinski definition) is 5. The van der Waals surface area contributed by atoms with E-state index in [1.807, 2.05) is 23.9 Å². The lowest BCUT2D eigenvalue weighted by Crippen LogP contribution is -2.19. The number of thioether (sulfide) groups is 1. The Bertz CT molecular complexity index is 559. The highest BCUT2D eigenvalue weighted by Gasteiger charge is 2.41. The van der Waals surface area contributed by atoms with Crippen molar-refractivity contribution in [2.45, 2.75) is 24.5 Å². The third-order valence-electron chi connectivity index (χ3n) is 3.56. The van der Waals surface area contributed by atoms with Crippen molar-refractivity contribution < 1.29 is 0 Å². The van der Waals surface area contributed by atoms with E-state index >= 15 is 0 Å². The molecule has 3 rings (SSSR count). The van der Waals surface area contributed by atoms with Gasteiger partial charge in [-0.2, -0.15) is 16.4 Å². The van der Waals surface area contributed by atoms with Crippen molar-refractivity contribution in [3.8, 4) is 5.69 Å². The van der Waals surface area contributed by atoms with Gasteiger partial charge >= 0.3 is 0 Å². The maximum absolute atomic E-state index is 4.06. The Kier molecular flexibility index (Phi) is 3.18. The fourth-order valence-electron chi connectivity index (χ4n) is 1.99. The highest BCUT2D eigenvalue weighted by atomic mass is 32.2. The predicted octanol–water partition coefficient (Wildman–Crippen LogP) is 2.28. The summed E-state index contributed by atoms with van der Waals surface area (Å²) in [5.74, 6) is 0.712. The molecule has 5 nitrogen and oxygen atoms in total. The quantitative estimate of drug-likeness (QED) is 0.907. The fourth-order valence-corrected chi connectivity index (χ4v) is 2.72. The molecule has 0 spiro atoms. The minimum atomic E-state index is 0.393. The molecular formula is C13H17N5S. The van der Waals surface area contributed by atoms with Crippen molar-refractivity contribution in [2.75, 3.05) is 18.1 Å². The summed E-state index contributed by atoms with van der Waals surface area (Å²) in [7, 11) is 0. The first-order valence-corrected chi connectivity index (χ1v) is 7.59. The largest absolute Gasteiger partial charge is 0.351 e. The van der Waals surface area contributed by atoms with Gasteiger partial charge in [-0.05, 0) is 48.6 Å². The normalized spacial score (nSPS) is 16.3. The molecule has 100 valence electrons. The van der Waals surface area contributed by atoms with E-state index in [-0.39, 0.29) is 0 Å². The van der Waals surface area contributed by atoms with Gasteiger partial charge in [0.1, 0.15) is 0 Å². The van der Waals surface area contributed by atoms with Crippen LogP contribution in [0.2, 0.25) is 0 Å². The Balaban J connectivity index is 1.76. The molecule has 19 heavy (non-hydrogen) atoms. The summed E-state index contributed by atoms with van der Waals surface area (Å²) in [5.41, 5.74) is 2.21. The fraction of sp³-hybridized carbons (Fsp3) is 0.462. The van der Waals surface area contributed by atoms with E-state index in [0.717, 1.165) is 12.2 Å². The number of nitrogens with zero attached hydrogens (tertiary/aromatic N) is 4. The number of benzene rings is 1. The van der Waals surface area contributed by atoms with Gasteiger partial charge in [0.2, 0.25) is 5.95 Å². The first kappa shape index (κ1) is 12.5. The van der Waals surface area contributed by atoms with Crippen LogP contribution in [0, 0.1) is 6.92 Å². The molecule has 1 aromatic heterocycles. The molecule has 1 saturated carbocycles. The smallest absolute Gasteiger partial charge is 0.247 e. The molecule has 1 aliphatic carbocycles. The van der Waals surface area contributed by atoms with Crippen LogP contribution in [0.1, 0.15) is 18.4 Å². The number of rotatable bonds is 5. The highest BCUT2D eigenvalue weighted by molar-refractivity contribution is 8.00. The molecule has 1 aliphatic rings. The minimum absolute atomic E-state index is 0.393. The van der Waals surface area contributed by atoms with Gasteiger partial charge in [-0.25, -0.2) is 0 Å². The lowest BCUT2D eigenvalue weighted by atomic mass is 10.2. The van der Waals surface area contributed by atoms with Gasteiger partial charge in [-0.3, -0.25) is 0 Å². The van der Waals surface area contributed by atoms with Gasteiger partial charge < -0.3 is 5.32 Å². The van der Waals surface area contributed by atoms with Crippen LogP contribution in [-0.4, -0.2) is 37.8 Å². The average molecular weight is 275 g/mol. The number of aryl methyl sites for hydroxylation is 1. The Morgan fingerprint density at radius 1 is 1.32 bits per heavy atom. The molecule has 0 aliphatic heterocycles.